The van der Waals surface area contributed by atoms with Crippen LogP contribution in [0.1, 0.15) is 71.3 Å². The van der Waals surface area contributed by atoms with E-state index in [1.807, 2.05) is 18.2 Å². The van der Waals surface area contributed by atoms with Gasteiger partial charge in [-0.3, -0.25) is 9.69 Å². The summed E-state index contributed by atoms with van der Waals surface area (Å²) in [5, 5.41) is 9.40. The smallest absolute Gasteiger partial charge is 0.326 e. The number of thiocarbonyl (C=S) groups is 1. The first-order valence-corrected chi connectivity index (χ1v) is 12.4. The number of nitrogens with zero attached hydrogens (tertiary/aromatic N) is 1. The van der Waals surface area contributed by atoms with Gasteiger partial charge in [-0.05, 0) is 50.0 Å². The topological polar surface area (TPSA) is 76.1 Å². The number of methoxy groups -OCH3 is 1. The second-order valence-corrected chi connectivity index (χ2v) is 9.53. The Labute approximate surface area is 200 Å². The summed E-state index contributed by atoms with van der Waals surface area (Å²) in [5.74, 6) is -0.197. The minimum Gasteiger partial charge on any atom is -0.493 e. The van der Waals surface area contributed by atoms with Crippen molar-refractivity contribution >= 4 is 46.3 Å². The van der Waals surface area contributed by atoms with Gasteiger partial charge in [0.25, 0.3) is 5.91 Å². The van der Waals surface area contributed by atoms with E-state index in [9.17, 15) is 14.7 Å². The van der Waals surface area contributed by atoms with Crippen molar-refractivity contribution in [3.8, 4) is 11.5 Å². The van der Waals surface area contributed by atoms with Gasteiger partial charge >= 0.3 is 5.97 Å². The van der Waals surface area contributed by atoms with Crippen LogP contribution in [-0.4, -0.2) is 45.5 Å². The minimum atomic E-state index is -1.06. The van der Waals surface area contributed by atoms with Crippen LogP contribution in [0, 0.1) is 0 Å². The van der Waals surface area contributed by atoms with Crippen molar-refractivity contribution in [3.05, 3.63) is 28.7 Å². The summed E-state index contributed by atoms with van der Waals surface area (Å²) in [6, 6.07) is 4.55. The summed E-state index contributed by atoms with van der Waals surface area (Å²) in [6.45, 7) is 5.99. The molecule has 1 N–H and O–H groups in total. The maximum Gasteiger partial charge on any atom is 0.326 e. The number of carboxylic acid groups (broad SMARTS) is 1. The lowest BCUT2D eigenvalue weighted by molar-refractivity contribution is -0.145. The summed E-state index contributed by atoms with van der Waals surface area (Å²) in [4.78, 5) is 25.9. The molecule has 1 amide bonds. The van der Waals surface area contributed by atoms with Crippen molar-refractivity contribution in [3.63, 3.8) is 0 Å². The number of thioether (sulfide) groups is 1. The van der Waals surface area contributed by atoms with E-state index in [2.05, 4.69) is 13.8 Å². The summed E-state index contributed by atoms with van der Waals surface area (Å²) in [6.07, 6.45) is 9.18. The van der Waals surface area contributed by atoms with Crippen LogP contribution in [-0.2, 0) is 9.59 Å². The van der Waals surface area contributed by atoms with Crippen molar-refractivity contribution in [1.29, 1.82) is 0 Å². The SMILES string of the molecule is CCCCCCCC(C)Oc1ccc(/C=C2/SC(=S)N(C(CC)C(=O)O)C2=O)cc1OC. The number of aliphatic carboxylic acids is 1. The number of carbonyl (C=O) groups excluding carboxylic acids is 1. The Bertz CT molecular complexity index is 855. The van der Waals surface area contributed by atoms with Gasteiger partial charge < -0.3 is 14.6 Å². The molecule has 176 valence electrons. The first-order chi connectivity index (χ1) is 15.3. The fourth-order valence-electron chi connectivity index (χ4n) is 3.55. The first-order valence-electron chi connectivity index (χ1n) is 11.2. The Hall–Kier alpha value is -2.06. The number of benzene rings is 1. The van der Waals surface area contributed by atoms with Crippen molar-refractivity contribution in [2.45, 2.75) is 77.9 Å². The van der Waals surface area contributed by atoms with Gasteiger partial charge in [-0.25, -0.2) is 4.79 Å². The Morgan fingerprint density at radius 3 is 2.56 bits per heavy atom. The summed E-state index contributed by atoms with van der Waals surface area (Å²) in [5.41, 5.74) is 0.755. The number of amides is 1. The molecule has 1 aromatic carbocycles. The van der Waals surface area contributed by atoms with Gasteiger partial charge in [0.05, 0.1) is 18.1 Å². The molecule has 1 fully saturated rings. The van der Waals surface area contributed by atoms with E-state index >= 15 is 0 Å². The zero-order chi connectivity index (χ0) is 23.7. The number of carboxylic acids is 1. The Morgan fingerprint density at radius 2 is 1.94 bits per heavy atom. The third kappa shape index (κ3) is 6.97. The summed E-state index contributed by atoms with van der Waals surface area (Å²) >= 11 is 6.38. The van der Waals surface area contributed by atoms with E-state index in [1.165, 1.54) is 30.6 Å². The zero-order valence-corrected chi connectivity index (χ0v) is 20.9. The van der Waals surface area contributed by atoms with Gasteiger partial charge in [0.1, 0.15) is 10.4 Å². The molecule has 1 saturated heterocycles. The molecule has 6 nitrogen and oxygen atoms in total. The highest BCUT2D eigenvalue weighted by Gasteiger charge is 2.39. The molecular formula is C24H33NO5S2. The number of unbranched alkanes of at least 4 members (excludes halogenated alkanes) is 4. The Kier molecular flexibility index (Phi) is 10.5. The third-order valence-electron chi connectivity index (χ3n) is 5.33. The molecule has 1 heterocycles. The Balaban J connectivity index is 2.09. The lowest BCUT2D eigenvalue weighted by Crippen LogP contribution is -2.43. The number of hydrogen-bond donors (Lipinski definition) is 1. The predicted octanol–water partition coefficient (Wildman–Crippen LogP) is 5.89. The number of ether oxygens (including phenoxy) is 2. The Morgan fingerprint density at radius 1 is 1.22 bits per heavy atom. The molecule has 1 aliphatic heterocycles. The summed E-state index contributed by atoms with van der Waals surface area (Å²) in [7, 11) is 1.58. The molecule has 2 rings (SSSR count). The van der Waals surface area contributed by atoms with Crippen LogP contribution in [0.2, 0.25) is 0 Å². The van der Waals surface area contributed by atoms with E-state index in [0.717, 1.165) is 30.2 Å². The predicted molar refractivity (Wildman–Crippen MR) is 133 cm³/mol. The molecule has 0 saturated carbocycles. The van der Waals surface area contributed by atoms with Crippen molar-refractivity contribution in [1.82, 2.24) is 4.90 Å². The van der Waals surface area contributed by atoms with Crippen LogP contribution in [0.15, 0.2) is 23.1 Å². The maximum atomic E-state index is 12.8. The highest BCUT2D eigenvalue weighted by Crippen LogP contribution is 2.36. The third-order valence-corrected chi connectivity index (χ3v) is 6.67. The number of rotatable bonds is 13. The molecule has 8 heteroatoms. The second kappa shape index (κ2) is 12.8. The molecule has 1 aliphatic rings. The average molecular weight is 480 g/mol. The average Bonchev–Trinajstić information content (AvgIpc) is 3.02. The quantitative estimate of drug-likeness (QED) is 0.215. The fraction of sp³-hybridized carbons (Fsp3) is 0.542. The molecule has 0 aliphatic carbocycles. The van der Waals surface area contributed by atoms with E-state index in [0.29, 0.717) is 16.4 Å². The molecule has 1 aromatic rings. The van der Waals surface area contributed by atoms with Crippen LogP contribution in [0.4, 0.5) is 0 Å². The van der Waals surface area contributed by atoms with Gasteiger partial charge in [0.15, 0.2) is 11.5 Å². The fourth-order valence-corrected chi connectivity index (χ4v) is 4.91. The largest absolute Gasteiger partial charge is 0.493 e. The molecule has 0 bridgehead atoms. The molecule has 0 radical (unpaired) electrons. The highest BCUT2D eigenvalue weighted by molar-refractivity contribution is 8.26. The molecule has 0 aromatic heterocycles. The molecule has 32 heavy (non-hydrogen) atoms. The number of hydrogen-bond acceptors (Lipinski definition) is 6. The van der Waals surface area contributed by atoms with Gasteiger partial charge in [-0.1, -0.05) is 69.6 Å². The monoisotopic (exact) mass is 479 g/mol. The van der Waals surface area contributed by atoms with Crippen molar-refractivity contribution in [2.75, 3.05) is 7.11 Å². The highest BCUT2D eigenvalue weighted by atomic mass is 32.2. The molecule has 2 atom stereocenters. The first kappa shape index (κ1) is 26.2. The minimum absolute atomic E-state index is 0.0784. The zero-order valence-electron chi connectivity index (χ0n) is 19.3. The molecular weight excluding hydrogens is 446 g/mol. The van der Waals surface area contributed by atoms with E-state index < -0.39 is 12.0 Å². The van der Waals surface area contributed by atoms with Crippen molar-refractivity contribution in [2.24, 2.45) is 0 Å². The standard InChI is InChI=1S/C24H33NO5S2/c1-5-7-8-9-10-11-16(3)30-19-13-12-17(14-20(19)29-4)15-21-22(26)25(24(31)32-21)18(6-2)23(27)28/h12-16,18H,5-11H2,1-4H3,(H,27,28)/b21-15+. The lowest BCUT2D eigenvalue weighted by atomic mass is 10.1. The maximum absolute atomic E-state index is 12.8. The number of carbonyl (C=O) groups is 2. The van der Waals surface area contributed by atoms with Gasteiger partial charge in [-0.2, -0.15) is 0 Å². The van der Waals surface area contributed by atoms with Gasteiger partial charge in [0, 0.05) is 0 Å². The van der Waals surface area contributed by atoms with Gasteiger partial charge in [-0.15, -0.1) is 0 Å². The van der Waals surface area contributed by atoms with E-state index in [1.54, 1.807) is 20.1 Å². The van der Waals surface area contributed by atoms with Crippen LogP contribution in [0.5, 0.6) is 11.5 Å². The van der Waals surface area contributed by atoms with E-state index in [4.69, 9.17) is 21.7 Å². The second-order valence-electron chi connectivity index (χ2n) is 7.86. The normalized spacial score (nSPS) is 17.0. The molecule has 0 spiro atoms. The van der Waals surface area contributed by atoms with Gasteiger partial charge in [0.2, 0.25) is 0 Å². The summed E-state index contributed by atoms with van der Waals surface area (Å²) < 4.78 is 11.8. The van der Waals surface area contributed by atoms with Crippen LogP contribution in [0.3, 0.4) is 0 Å². The van der Waals surface area contributed by atoms with Crippen molar-refractivity contribution < 1.29 is 24.2 Å². The van der Waals surface area contributed by atoms with Crippen LogP contribution >= 0.6 is 24.0 Å². The van der Waals surface area contributed by atoms with E-state index in [-0.39, 0.29) is 22.8 Å². The molecule has 2 unspecified atom stereocenters. The lowest BCUT2D eigenvalue weighted by Gasteiger charge is -2.21. The van der Waals surface area contributed by atoms with Crippen LogP contribution < -0.4 is 9.47 Å². The van der Waals surface area contributed by atoms with Crippen LogP contribution in [0.25, 0.3) is 6.08 Å².